The summed E-state index contributed by atoms with van der Waals surface area (Å²) in [6, 6.07) is 5.52. The third-order valence-electron chi connectivity index (χ3n) is 3.07. The van der Waals surface area contributed by atoms with Gasteiger partial charge in [0.2, 0.25) is 0 Å². The molecule has 0 saturated carbocycles. The number of aliphatic hydroxyl groups is 1. The van der Waals surface area contributed by atoms with Crippen LogP contribution in [0, 0.1) is 5.41 Å². The van der Waals surface area contributed by atoms with Crippen molar-refractivity contribution >= 4 is 29.2 Å². The van der Waals surface area contributed by atoms with E-state index in [4.69, 9.17) is 28.6 Å². The molecule has 1 aliphatic heterocycles. The lowest BCUT2D eigenvalue weighted by molar-refractivity contribution is 0.199. The molecule has 0 unspecified atom stereocenters. The van der Waals surface area contributed by atoms with E-state index in [-0.39, 0.29) is 12.6 Å². The minimum absolute atomic E-state index is 0.0136. The Bertz CT molecular complexity index is 453. The number of rotatable bonds is 4. The average molecular weight is 288 g/mol. The Labute approximate surface area is 116 Å². The van der Waals surface area contributed by atoms with Gasteiger partial charge in [-0.05, 0) is 24.1 Å². The average Bonchev–Trinajstić information content (AvgIpc) is 2.71. The minimum Gasteiger partial charge on any atom is -0.394 e. The zero-order valence-corrected chi connectivity index (χ0v) is 11.3. The second kappa shape index (κ2) is 5.78. The third kappa shape index (κ3) is 2.88. The molecular weight excluding hydrogens is 273 g/mol. The van der Waals surface area contributed by atoms with Crippen LogP contribution in [0.15, 0.2) is 18.2 Å². The van der Waals surface area contributed by atoms with Gasteiger partial charge in [0.25, 0.3) is 0 Å². The molecule has 0 aromatic heterocycles. The van der Waals surface area contributed by atoms with Crippen molar-refractivity contribution < 1.29 is 5.11 Å². The van der Waals surface area contributed by atoms with Crippen LogP contribution in [0.1, 0.15) is 5.56 Å². The SMILES string of the molecule is N=C1NC[C@H](CO)N1CCc1ccc(Cl)c(Cl)c1. The predicted octanol–water partition coefficient (Wildman–Crippen LogP) is 1.74. The van der Waals surface area contributed by atoms with Crippen LogP contribution in [0.4, 0.5) is 0 Å². The maximum Gasteiger partial charge on any atom is 0.191 e. The molecule has 0 bridgehead atoms. The van der Waals surface area contributed by atoms with Gasteiger partial charge in [-0.25, -0.2) is 0 Å². The minimum atomic E-state index is -0.0136. The van der Waals surface area contributed by atoms with Gasteiger partial charge < -0.3 is 15.3 Å². The molecule has 3 N–H and O–H groups in total. The van der Waals surface area contributed by atoms with Crippen molar-refractivity contribution in [3.63, 3.8) is 0 Å². The summed E-state index contributed by atoms with van der Waals surface area (Å²) < 4.78 is 0. The van der Waals surface area contributed by atoms with Crippen molar-refractivity contribution in [2.75, 3.05) is 19.7 Å². The summed E-state index contributed by atoms with van der Waals surface area (Å²) in [5.41, 5.74) is 1.07. The first kappa shape index (κ1) is 13.5. The van der Waals surface area contributed by atoms with Crippen LogP contribution in [0.3, 0.4) is 0 Å². The quantitative estimate of drug-likeness (QED) is 0.791. The van der Waals surface area contributed by atoms with Crippen LogP contribution < -0.4 is 5.32 Å². The van der Waals surface area contributed by atoms with Crippen molar-refractivity contribution in [3.05, 3.63) is 33.8 Å². The van der Waals surface area contributed by atoms with Gasteiger partial charge in [-0.2, -0.15) is 0 Å². The first-order valence-corrected chi connectivity index (χ1v) is 6.51. The van der Waals surface area contributed by atoms with Crippen LogP contribution in [0.25, 0.3) is 0 Å². The van der Waals surface area contributed by atoms with E-state index in [0.29, 0.717) is 29.1 Å². The Balaban J connectivity index is 1.98. The number of nitrogens with zero attached hydrogens (tertiary/aromatic N) is 1. The fourth-order valence-corrected chi connectivity index (χ4v) is 2.33. The van der Waals surface area contributed by atoms with E-state index in [9.17, 15) is 5.11 Å². The lowest BCUT2D eigenvalue weighted by Crippen LogP contribution is -2.38. The molecule has 0 radical (unpaired) electrons. The molecule has 4 nitrogen and oxygen atoms in total. The molecular formula is C12H15Cl2N3O. The van der Waals surface area contributed by atoms with Crippen molar-refractivity contribution in [2.24, 2.45) is 0 Å². The zero-order chi connectivity index (χ0) is 13.1. The molecule has 1 saturated heterocycles. The molecule has 1 heterocycles. The molecule has 1 atom stereocenters. The van der Waals surface area contributed by atoms with Crippen LogP contribution in [-0.2, 0) is 6.42 Å². The molecule has 6 heteroatoms. The van der Waals surface area contributed by atoms with E-state index in [2.05, 4.69) is 5.32 Å². The maximum absolute atomic E-state index is 9.22. The Morgan fingerprint density at radius 1 is 1.39 bits per heavy atom. The molecule has 1 aromatic carbocycles. The van der Waals surface area contributed by atoms with E-state index in [1.165, 1.54) is 0 Å². The van der Waals surface area contributed by atoms with E-state index >= 15 is 0 Å². The smallest absolute Gasteiger partial charge is 0.191 e. The second-order valence-corrected chi connectivity index (χ2v) is 5.07. The van der Waals surface area contributed by atoms with E-state index < -0.39 is 0 Å². The Hall–Kier alpha value is -0.970. The van der Waals surface area contributed by atoms with E-state index in [1.807, 2.05) is 17.0 Å². The molecule has 1 aliphatic rings. The standard InChI is InChI=1S/C12H15Cl2N3O/c13-10-2-1-8(5-11(10)14)3-4-17-9(7-18)6-16-12(17)15/h1-2,5,9,18H,3-4,6-7H2,(H2,15,16)/t9-/m1/s1. The van der Waals surface area contributed by atoms with E-state index in [0.717, 1.165) is 12.0 Å². The van der Waals surface area contributed by atoms with Gasteiger partial charge in [0.15, 0.2) is 5.96 Å². The first-order valence-electron chi connectivity index (χ1n) is 5.75. The predicted molar refractivity (Wildman–Crippen MR) is 73.5 cm³/mol. The highest BCUT2D eigenvalue weighted by atomic mass is 35.5. The van der Waals surface area contributed by atoms with Crippen molar-refractivity contribution in [3.8, 4) is 0 Å². The highest BCUT2D eigenvalue weighted by molar-refractivity contribution is 6.42. The highest BCUT2D eigenvalue weighted by Crippen LogP contribution is 2.23. The monoisotopic (exact) mass is 287 g/mol. The van der Waals surface area contributed by atoms with Crippen LogP contribution in [0.5, 0.6) is 0 Å². The zero-order valence-electron chi connectivity index (χ0n) is 9.79. The fourth-order valence-electron chi connectivity index (χ4n) is 2.01. The Morgan fingerprint density at radius 2 is 2.17 bits per heavy atom. The molecule has 0 aliphatic carbocycles. The summed E-state index contributed by atoms with van der Waals surface area (Å²) in [7, 11) is 0. The molecule has 2 rings (SSSR count). The van der Waals surface area contributed by atoms with Gasteiger partial charge in [0.1, 0.15) is 0 Å². The van der Waals surface area contributed by atoms with Gasteiger partial charge in [-0.15, -0.1) is 0 Å². The lowest BCUT2D eigenvalue weighted by atomic mass is 10.1. The summed E-state index contributed by atoms with van der Waals surface area (Å²) in [5, 5.41) is 21.0. The van der Waals surface area contributed by atoms with Crippen LogP contribution >= 0.6 is 23.2 Å². The molecule has 1 fully saturated rings. The van der Waals surface area contributed by atoms with Gasteiger partial charge in [-0.3, -0.25) is 5.41 Å². The fraction of sp³-hybridized carbons (Fsp3) is 0.417. The maximum atomic E-state index is 9.22. The number of hydrogen-bond donors (Lipinski definition) is 3. The molecule has 1 aromatic rings. The van der Waals surface area contributed by atoms with Crippen molar-refractivity contribution in [1.29, 1.82) is 5.41 Å². The molecule has 0 spiro atoms. The van der Waals surface area contributed by atoms with Gasteiger partial charge in [0, 0.05) is 13.1 Å². The number of hydrogen-bond acceptors (Lipinski definition) is 2. The summed E-state index contributed by atoms with van der Waals surface area (Å²) in [4.78, 5) is 1.86. The summed E-state index contributed by atoms with van der Waals surface area (Å²) in [5.74, 6) is 0.370. The number of halogens is 2. The van der Waals surface area contributed by atoms with Crippen LogP contribution in [0.2, 0.25) is 10.0 Å². The molecule has 0 amide bonds. The Morgan fingerprint density at radius 3 is 2.83 bits per heavy atom. The van der Waals surface area contributed by atoms with Crippen molar-refractivity contribution in [2.45, 2.75) is 12.5 Å². The number of benzene rings is 1. The number of nitrogens with one attached hydrogen (secondary N) is 2. The van der Waals surface area contributed by atoms with Gasteiger partial charge >= 0.3 is 0 Å². The largest absolute Gasteiger partial charge is 0.394 e. The summed E-state index contributed by atoms with van der Waals surface area (Å²) in [6.45, 7) is 1.35. The van der Waals surface area contributed by atoms with Gasteiger partial charge in [0.05, 0.1) is 22.7 Å². The number of aliphatic hydroxyl groups excluding tert-OH is 1. The summed E-state index contributed by atoms with van der Waals surface area (Å²) >= 11 is 11.8. The molecule has 18 heavy (non-hydrogen) atoms. The topological polar surface area (TPSA) is 59.4 Å². The Kier molecular flexibility index (Phi) is 4.32. The third-order valence-corrected chi connectivity index (χ3v) is 3.81. The second-order valence-electron chi connectivity index (χ2n) is 4.26. The molecule has 98 valence electrons. The normalized spacial score (nSPS) is 19.2. The van der Waals surface area contributed by atoms with Gasteiger partial charge in [-0.1, -0.05) is 29.3 Å². The number of guanidine groups is 1. The van der Waals surface area contributed by atoms with Crippen LogP contribution in [-0.4, -0.2) is 41.7 Å². The summed E-state index contributed by atoms with van der Waals surface area (Å²) in [6.07, 6.45) is 0.761. The lowest BCUT2D eigenvalue weighted by Gasteiger charge is -2.23. The first-order chi connectivity index (χ1) is 8.61. The van der Waals surface area contributed by atoms with Crippen molar-refractivity contribution in [1.82, 2.24) is 10.2 Å². The van der Waals surface area contributed by atoms with E-state index in [1.54, 1.807) is 6.07 Å². The highest BCUT2D eigenvalue weighted by Gasteiger charge is 2.26.